The Morgan fingerprint density at radius 2 is 1.69 bits per heavy atom. The van der Waals surface area contributed by atoms with Crippen molar-refractivity contribution in [1.82, 2.24) is 14.8 Å². The van der Waals surface area contributed by atoms with Gasteiger partial charge in [-0.25, -0.2) is 4.39 Å². The zero-order valence-electron chi connectivity index (χ0n) is 16.2. The smallest absolute Gasteiger partial charge is 0.270 e. The minimum absolute atomic E-state index is 0.0126. The van der Waals surface area contributed by atoms with Crippen molar-refractivity contribution >= 4 is 22.7 Å². The second-order valence-corrected chi connectivity index (χ2v) is 7.11. The molecular weight excluding hydrogens is 373 g/mol. The summed E-state index contributed by atoms with van der Waals surface area (Å²) in [6.07, 6.45) is 0.234. The van der Waals surface area contributed by atoms with Gasteiger partial charge in [0, 0.05) is 37.1 Å². The zero-order chi connectivity index (χ0) is 20.4. The quantitative estimate of drug-likeness (QED) is 0.739. The number of H-pyrrole nitrogens is 1. The van der Waals surface area contributed by atoms with Gasteiger partial charge in [-0.2, -0.15) is 0 Å². The molecule has 150 valence electrons. The molecule has 2 aromatic carbocycles. The third-order valence-corrected chi connectivity index (χ3v) is 5.25. The van der Waals surface area contributed by atoms with Crippen LogP contribution < -0.4 is 4.74 Å². The number of halogens is 1. The van der Waals surface area contributed by atoms with Gasteiger partial charge in [0.05, 0.1) is 13.5 Å². The molecule has 1 aliphatic rings. The normalized spacial score (nSPS) is 14.3. The maximum atomic E-state index is 13.0. The average Bonchev–Trinajstić information content (AvgIpc) is 3.18. The third kappa shape index (κ3) is 4.08. The standard InChI is InChI=1S/C22H22FN3O3/c1-29-18-6-7-19-16(13-18)14-20(24-19)22(28)26-10-8-25(9-11-26)21(27)12-15-2-4-17(23)5-3-15/h2-7,13-14,24H,8-12H2,1H3. The first kappa shape index (κ1) is 19.0. The molecule has 1 aliphatic heterocycles. The molecule has 1 saturated heterocycles. The summed E-state index contributed by atoms with van der Waals surface area (Å²) in [6, 6.07) is 13.4. The van der Waals surface area contributed by atoms with Crippen LogP contribution in [0, 0.1) is 5.82 Å². The van der Waals surface area contributed by atoms with Gasteiger partial charge in [0.15, 0.2) is 0 Å². The number of nitrogens with one attached hydrogen (secondary N) is 1. The van der Waals surface area contributed by atoms with Crippen LogP contribution in [0.5, 0.6) is 5.75 Å². The number of methoxy groups -OCH3 is 1. The Morgan fingerprint density at radius 1 is 1.00 bits per heavy atom. The Hall–Kier alpha value is -3.35. The summed E-state index contributed by atoms with van der Waals surface area (Å²) in [5.41, 5.74) is 2.19. The number of hydrogen-bond donors (Lipinski definition) is 1. The average molecular weight is 395 g/mol. The van der Waals surface area contributed by atoms with Crippen molar-refractivity contribution in [2.75, 3.05) is 33.3 Å². The molecule has 3 aromatic rings. The minimum atomic E-state index is -0.316. The van der Waals surface area contributed by atoms with Gasteiger partial charge in [-0.3, -0.25) is 9.59 Å². The Bertz CT molecular complexity index is 1040. The summed E-state index contributed by atoms with van der Waals surface area (Å²) in [5, 5.41) is 0.917. The van der Waals surface area contributed by atoms with Crippen molar-refractivity contribution in [2.24, 2.45) is 0 Å². The van der Waals surface area contributed by atoms with Crippen LogP contribution in [-0.4, -0.2) is 59.9 Å². The number of piperazine rings is 1. The van der Waals surface area contributed by atoms with E-state index in [4.69, 9.17) is 4.74 Å². The van der Waals surface area contributed by atoms with Gasteiger partial charge < -0.3 is 19.5 Å². The van der Waals surface area contributed by atoms with Crippen LogP contribution >= 0.6 is 0 Å². The summed E-state index contributed by atoms with van der Waals surface area (Å²) >= 11 is 0. The molecule has 2 amide bonds. The molecule has 0 radical (unpaired) electrons. The summed E-state index contributed by atoms with van der Waals surface area (Å²) < 4.78 is 18.2. The van der Waals surface area contributed by atoms with Crippen molar-refractivity contribution in [3.05, 3.63) is 65.6 Å². The second-order valence-electron chi connectivity index (χ2n) is 7.11. The van der Waals surface area contributed by atoms with E-state index in [1.54, 1.807) is 29.0 Å². The molecule has 1 fully saturated rings. The monoisotopic (exact) mass is 395 g/mol. The molecule has 2 heterocycles. The summed E-state index contributed by atoms with van der Waals surface area (Å²) in [4.78, 5) is 32.0. The topological polar surface area (TPSA) is 65.6 Å². The van der Waals surface area contributed by atoms with Crippen LogP contribution in [0.1, 0.15) is 16.1 Å². The lowest BCUT2D eigenvalue weighted by atomic mass is 10.1. The van der Waals surface area contributed by atoms with E-state index in [1.165, 1.54) is 12.1 Å². The van der Waals surface area contributed by atoms with Crippen molar-refractivity contribution in [1.29, 1.82) is 0 Å². The zero-order valence-corrected chi connectivity index (χ0v) is 16.2. The SMILES string of the molecule is COc1ccc2[nH]c(C(=O)N3CCN(C(=O)Cc4ccc(F)cc4)CC3)cc2c1. The van der Waals surface area contributed by atoms with E-state index < -0.39 is 0 Å². The molecule has 0 saturated carbocycles. The lowest BCUT2D eigenvalue weighted by molar-refractivity contribution is -0.131. The molecule has 0 atom stereocenters. The van der Waals surface area contributed by atoms with E-state index >= 15 is 0 Å². The van der Waals surface area contributed by atoms with Crippen molar-refractivity contribution in [3.8, 4) is 5.75 Å². The predicted octanol–water partition coefficient (Wildman–Crippen LogP) is 2.84. The van der Waals surface area contributed by atoms with Gasteiger partial charge in [0.2, 0.25) is 5.91 Å². The molecule has 0 bridgehead atoms. The number of aromatic amines is 1. The molecule has 29 heavy (non-hydrogen) atoms. The highest BCUT2D eigenvalue weighted by Crippen LogP contribution is 2.22. The van der Waals surface area contributed by atoms with Crippen LogP contribution in [0.2, 0.25) is 0 Å². The van der Waals surface area contributed by atoms with E-state index in [0.29, 0.717) is 31.9 Å². The van der Waals surface area contributed by atoms with Crippen molar-refractivity contribution in [2.45, 2.75) is 6.42 Å². The summed E-state index contributed by atoms with van der Waals surface area (Å²) in [6.45, 7) is 1.93. The highest BCUT2D eigenvalue weighted by atomic mass is 19.1. The molecule has 4 rings (SSSR count). The lowest BCUT2D eigenvalue weighted by Crippen LogP contribution is -2.51. The van der Waals surface area contributed by atoms with Crippen LogP contribution in [0.3, 0.4) is 0 Å². The maximum Gasteiger partial charge on any atom is 0.270 e. The number of hydrogen-bond acceptors (Lipinski definition) is 3. The number of benzene rings is 2. The molecule has 7 heteroatoms. The van der Waals surface area contributed by atoms with Gasteiger partial charge in [0.1, 0.15) is 17.3 Å². The minimum Gasteiger partial charge on any atom is -0.497 e. The van der Waals surface area contributed by atoms with E-state index in [9.17, 15) is 14.0 Å². The van der Waals surface area contributed by atoms with Gasteiger partial charge in [-0.05, 0) is 42.0 Å². The molecule has 0 spiro atoms. The molecule has 0 unspecified atom stereocenters. The Morgan fingerprint density at radius 3 is 2.38 bits per heavy atom. The fourth-order valence-corrected chi connectivity index (χ4v) is 3.57. The number of amides is 2. The highest BCUT2D eigenvalue weighted by molar-refractivity contribution is 5.98. The number of nitrogens with zero attached hydrogens (tertiary/aromatic N) is 2. The fraction of sp³-hybridized carbons (Fsp3) is 0.273. The van der Waals surface area contributed by atoms with E-state index in [2.05, 4.69) is 4.98 Å². The first-order chi connectivity index (χ1) is 14.0. The van der Waals surface area contributed by atoms with Crippen LogP contribution in [0.4, 0.5) is 4.39 Å². The Balaban J connectivity index is 1.37. The van der Waals surface area contributed by atoms with Gasteiger partial charge in [-0.1, -0.05) is 12.1 Å². The maximum absolute atomic E-state index is 13.0. The number of aromatic nitrogens is 1. The van der Waals surface area contributed by atoms with E-state index in [1.807, 2.05) is 24.3 Å². The van der Waals surface area contributed by atoms with Crippen LogP contribution in [0.15, 0.2) is 48.5 Å². The summed E-state index contributed by atoms with van der Waals surface area (Å²) in [7, 11) is 1.61. The first-order valence-electron chi connectivity index (χ1n) is 9.52. The number of ether oxygens (including phenoxy) is 1. The number of carbonyl (C=O) groups is 2. The summed E-state index contributed by atoms with van der Waals surface area (Å²) in [5.74, 6) is 0.333. The second kappa shape index (κ2) is 7.95. The Kier molecular flexibility index (Phi) is 5.20. The van der Waals surface area contributed by atoms with Crippen molar-refractivity contribution < 1.29 is 18.7 Å². The molecule has 0 aliphatic carbocycles. The van der Waals surface area contributed by atoms with Crippen LogP contribution in [0.25, 0.3) is 10.9 Å². The highest BCUT2D eigenvalue weighted by Gasteiger charge is 2.25. The third-order valence-electron chi connectivity index (χ3n) is 5.25. The fourth-order valence-electron chi connectivity index (χ4n) is 3.57. The largest absolute Gasteiger partial charge is 0.497 e. The Labute approximate surface area is 167 Å². The predicted molar refractivity (Wildman–Crippen MR) is 107 cm³/mol. The van der Waals surface area contributed by atoms with Gasteiger partial charge in [0.25, 0.3) is 5.91 Å². The van der Waals surface area contributed by atoms with Gasteiger partial charge >= 0.3 is 0 Å². The molecule has 1 N–H and O–H groups in total. The molecular formula is C22H22FN3O3. The number of rotatable bonds is 4. The molecule has 1 aromatic heterocycles. The number of fused-ring (bicyclic) bond motifs is 1. The van der Waals surface area contributed by atoms with E-state index in [-0.39, 0.29) is 24.1 Å². The van der Waals surface area contributed by atoms with E-state index in [0.717, 1.165) is 22.2 Å². The number of carbonyl (C=O) groups excluding carboxylic acids is 2. The first-order valence-corrected chi connectivity index (χ1v) is 9.52. The molecule has 6 nitrogen and oxygen atoms in total. The van der Waals surface area contributed by atoms with Crippen molar-refractivity contribution in [3.63, 3.8) is 0 Å². The van der Waals surface area contributed by atoms with Gasteiger partial charge in [-0.15, -0.1) is 0 Å². The lowest BCUT2D eigenvalue weighted by Gasteiger charge is -2.34. The van der Waals surface area contributed by atoms with Crippen LogP contribution in [-0.2, 0) is 11.2 Å².